The third kappa shape index (κ3) is 5.20. The molecule has 1 aliphatic rings. The summed E-state index contributed by atoms with van der Waals surface area (Å²) in [6.45, 7) is 0.901. The summed E-state index contributed by atoms with van der Waals surface area (Å²) in [7, 11) is -3.70. The topological polar surface area (TPSA) is 111 Å². The van der Waals surface area contributed by atoms with Crippen molar-refractivity contribution in [2.75, 3.05) is 23.3 Å². The third-order valence-corrected chi connectivity index (χ3v) is 5.68. The lowest BCUT2D eigenvalue weighted by Gasteiger charge is -2.31. The highest BCUT2D eigenvalue weighted by Gasteiger charge is 2.35. The number of benzene rings is 2. The molecular formula is C18H22ClN3O4S. The van der Waals surface area contributed by atoms with Crippen LogP contribution in [0.15, 0.2) is 59.5 Å². The zero-order chi connectivity index (χ0) is 18.6. The molecule has 0 bridgehead atoms. The van der Waals surface area contributed by atoms with E-state index in [1.54, 1.807) is 42.5 Å². The van der Waals surface area contributed by atoms with Crippen LogP contribution in [0, 0.1) is 0 Å². The van der Waals surface area contributed by atoms with Crippen LogP contribution in [0.1, 0.15) is 12.8 Å². The van der Waals surface area contributed by atoms with Crippen molar-refractivity contribution in [2.24, 2.45) is 5.73 Å². The number of anilines is 2. The zero-order valence-electron chi connectivity index (χ0n) is 14.6. The molecule has 2 aromatic carbocycles. The van der Waals surface area contributed by atoms with E-state index in [-0.39, 0.29) is 23.2 Å². The van der Waals surface area contributed by atoms with Crippen LogP contribution in [0.4, 0.5) is 11.4 Å². The molecule has 0 aliphatic carbocycles. The van der Waals surface area contributed by atoms with Gasteiger partial charge in [0.2, 0.25) is 5.91 Å². The summed E-state index contributed by atoms with van der Waals surface area (Å²) in [5.74, 6) is -0.293. The van der Waals surface area contributed by atoms with Crippen molar-refractivity contribution in [1.29, 1.82) is 0 Å². The number of halogens is 1. The van der Waals surface area contributed by atoms with Crippen molar-refractivity contribution in [1.82, 2.24) is 0 Å². The van der Waals surface area contributed by atoms with Gasteiger partial charge in [0, 0.05) is 24.6 Å². The lowest BCUT2D eigenvalue weighted by molar-refractivity contribution is -0.124. The minimum atomic E-state index is -3.70. The number of nitrogens with one attached hydrogen (secondary N) is 2. The summed E-state index contributed by atoms with van der Waals surface area (Å²) in [6.07, 6.45) is 0.901. The van der Waals surface area contributed by atoms with Crippen molar-refractivity contribution in [3.63, 3.8) is 0 Å². The second-order valence-electron chi connectivity index (χ2n) is 6.22. The maximum atomic E-state index is 12.4. The molecule has 7 nitrogen and oxygen atoms in total. The predicted molar refractivity (Wildman–Crippen MR) is 107 cm³/mol. The number of nitrogens with two attached hydrogens (primary N) is 1. The lowest BCUT2D eigenvalue weighted by Crippen LogP contribution is -2.54. The van der Waals surface area contributed by atoms with Crippen molar-refractivity contribution in [2.45, 2.75) is 23.3 Å². The Kier molecular flexibility index (Phi) is 6.83. The van der Waals surface area contributed by atoms with Crippen LogP contribution in [0.5, 0.6) is 0 Å². The number of para-hydroxylation sites is 1. The summed E-state index contributed by atoms with van der Waals surface area (Å²) in [5, 5.41) is 2.75. The Morgan fingerprint density at radius 3 is 2.15 bits per heavy atom. The van der Waals surface area contributed by atoms with Gasteiger partial charge in [0.15, 0.2) is 0 Å². The molecule has 1 saturated heterocycles. The Hall–Kier alpha value is -2.13. The van der Waals surface area contributed by atoms with Crippen LogP contribution in [-0.4, -0.2) is 33.1 Å². The van der Waals surface area contributed by atoms with Crippen LogP contribution >= 0.6 is 12.4 Å². The van der Waals surface area contributed by atoms with Crippen LogP contribution < -0.4 is 15.8 Å². The molecule has 9 heteroatoms. The van der Waals surface area contributed by atoms with Crippen LogP contribution in [0.2, 0.25) is 0 Å². The zero-order valence-corrected chi connectivity index (χ0v) is 16.2. The van der Waals surface area contributed by atoms with E-state index in [0.29, 0.717) is 37.4 Å². The normalized spacial score (nSPS) is 16.0. The summed E-state index contributed by atoms with van der Waals surface area (Å²) in [5.41, 5.74) is 6.15. The van der Waals surface area contributed by atoms with Crippen LogP contribution in [-0.2, 0) is 19.6 Å². The number of carbonyl (C=O) groups excluding carboxylic acids is 1. The summed E-state index contributed by atoms with van der Waals surface area (Å²) in [6, 6.07) is 14.6. The van der Waals surface area contributed by atoms with Crippen LogP contribution in [0.3, 0.4) is 0 Å². The molecule has 3 rings (SSSR count). The van der Waals surface area contributed by atoms with Gasteiger partial charge < -0.3 is 15.8 Å². The fourth-order valence-electron chi connectivity index (χ4n) is 2.66. The molecular weight excluding hydrogens is 390 g/mol. The fourth-order valence-corrected chi connectivity index (χ4v) is 3.71. The smallest absolute Gasteiger partial charge is 0.261 e. The SMILES string of the molecule is Cl.NC1(C(=O)Nc2ccc(S(=O)(=O)Nc3ccccc3)cc2)CCOCC1. The van der Waals surface area contributed by atoms with Gasteiger partial charge in [-0.2, -0.15) is 0 Å². The molecule has 0 radical (unpaired) electrons. The Balaban J connectivity index is 0.00000261. The molecule has 4 N–H and O–H groups in total. The van der Waals surface area contributed by atoms with Gasteiger partial charge in [-0.15, -0.1) is 12.4 Å². The van der Waals surface area contributed by atoms with E-state index in [9.17, 15) is 13.2 Å². The van der Waals surface area contributed by atoms with Gasteiger partial charge in [0.1, 0.15) is 5.54 Å². The first-order chi connectivity index (χ1) is 12.4. The molecule has 0 atom stereocenters. The van der Waals surface area contributed by atoms with E-state index < -0.39 is 15.6 Å². The molecule has 1 aliphatic heterocycles. The highest BCUT2D eigenvalue weighted by atomic mass is 35.5. The standard InChI is InChI=1S/C18H21N3O4S.ClH/c19-18(10-12-25-13-11-18)17(22)20-14-6-8-16(9-7-14)26(23,24)21-15-4-2-1-3-5-15;/h1-9,21H,10-13,19H2,(H,20,22);1H. The molecule has 0 aromatic heterocycles. The Bertz CT molecular complexity index is 867. The first-order valence-electron chi connectivity index (χ1n) is 8.25. The maximum Gasteiger partial charge on any atom is 0.261 e. The van der Waals surface area contributed by atoms with Gasteiger partial charge in [0.05, 0.1) is 4.90 Å². The highest BCUT2D eigenvalue weighted by Crippen LogP contribution is 2.22. The van der Waals surface area contributed by atoms with Gasteiger partial charge in [-0.3, -0.25) is 9.52 Å². The molecule has 0 unspecified atom stereocenters. The second kappa shape index (κ2) is 8.71. The number of amides is 1. The molecule has 146 valence electrons. The Labute approximate surface area is 164 Å². The summed E-state index contributed by atoms with van der Waals surface area (Å²) < 4.78 is 32.5. The van der Waals surface area contributed by atoms with Crippen molar-refractivity contribution < 1.29 is 17.9 Å². The van der Waals surface area contributed by atoms with E-state index in [2.05, 4.69) is 10.0 Å². The fraction of sp³-hybridized carbons (Fsp3) is 0.278. The van der Waals surface area contributed by atoms with Gasteiger partial charge in [-0.1, -0.05) is 18.2 Å². The van der Waals surface area contributed by atoms with Gasteiger partial charge in [-0.25, -0.2) is 8.42 Å². The van der Waals surface area contributed by atoms with E-state index in [1.807, 2.05) is 0 Å². The van der Waals surface area contributed by atoms with E-state index in [4.69, 9.17) is 10.5 Å². The van der Waals surface area contributed by atoms with Gasteiger partial charge in [-0.05, 0) is 49.2 Å². The number of hydrogen-bond acceptors (Lipinski definition) is 5. The minimum Gasteiger partial charge on any atom is -0.381 e. The minimum absolute atomic E-state index is 0. The average Bonchev–Trinajstić information content (AvgIpc) is 2.63. The largest absolute Gasteiger partial charge is 0.381 e. The Morgan fingerprint density at radius 2 is 1.56 bits per heavy atom. The molecule has 0 saturated carbocycles. The lowest BCUT2D eigenvalue weighted by atomic mass is 9.90. The number of ether oxygens (including phenoxy) is 1. The summed E-state index contributed by atoms with van der Waals surface area (Å²) in [4.78, 5) is 12.5. The molecule has 1 fully saturated rings. The first-order valence-corrected chi connectivity index (χ1v) is 9.73. The molecule has 1 amide bonds. The van der Waals surface area contributed by atoms with Crippen molar-refractivity contribution >= 4 is 39.7 Å². The highest BCUT2D eigenvalue weighted by molar-refractivity contribution is 7.92. The van der Waals surface area contributed by atoms with E-state index in [0.717, 1.165) is 0 Å². The molecule has 1 heterocycles. The maximum absolute atomic E-state index is 12.4. The number of rotatable bonds is 5. The van der Waals surface area contributed by atoms with Crippen molar-refractivity contribution in [3.05, 3.63) is 54.6 Å². The quantitative estimate of drug-likeness (QED) is 0.699. The first kappa shape index (κ1) is 21.2. The number of carbonyl (C=O) groups is 1. The van der Waals surface area contributed by atoms with Gasteiger partial charge >= 0.3 is 0 Å². The van der Waals surface area contributed by atoms with Gasteiger partial charge in [0.25, 0.3) is 10.0 Å². The van der Waals surface area contributed by atoms with Crippen molar-refractivity contribution in [3.8, 4) is 0 Å². The second-order valence-corrected chi connectivity index (χ2v) is 7.90. The molecule has 2 aromatic rings. The predicted octanol–water partition coefficient (Wildman–Crippen LogP) is 2.36. The average molecular weight is 412 g/mol. The summed E-state index contributed by atoms with van der Waals surface area (Å²) >= 11 is 0. The van der Waals surface area contributed by atoms with E-state index in [1.165, 1.54) is 12.1 Å². The third-order valence-electron chi connectivity index (χ3n) is 4.29. The number of sulfonamides is 1. The number of hydrogen-bond donors (Lipinski definition) is 3. The monoisotopic (exact) mass is 411 g/mol. The van der Waals surface area contributed by atoms with Crippen LogP contribution in [0.25, 0.3) is 0 Å². The molecule has 27 heavy (non-hydrogen) atoms. The van der Waals surface area contributed by atoms with E-state index >= 15 is 0 Å². The molecule has 0 spiro atoms. The Morgan fingerprint density at radius 1 is 0.963 bits per heavy atom.